The van der Waals surface area contributed by atoms with E-state index in [1.807, 2.05) is 6.07 Å². The van der Waals surface area contributed by atoms with Crippen LogP contribution >= 0.6 is 11.6 Å². The Hall–Kier alpha value is -2.32. The molecule has 0 spiro atoms. The summed E-state index contributed by atoms with van der Waals surface area (Å²) in [7, 11) is -3.44. The van der Waals surface area contributed by atoms with Crippen molar-refractivity contribution in [2.75, 3.05) is 0 Å². The zero-order valence-electron chi connectivity index (χ0n) is 15.3. The smallest absolute Gasteiger partial charge is 0.287 e. The number of halogens is 1. The first-order valence-corrected chi connectivity index (χ1v) is 11.4. The molecule has 0 atom stereocenters. The number of furan rings is 1. The number of fused-ring (bicyclic) bond motifs is 1. The number of benzene rings is 1. The maximum absolute atomic E-state index is 12.6. The van der Waals surface area contributed by atoms with E-state index in [4.69, 9.17) is 20.4 Å². The average molecular weight is 433 g/mol. The Morgan fingerprint density at radius 2 is 1.90 bits per heavy atom. The summed E-state index contributed by atoms with van der Waals surface area (Å²) in [5.41, 5.74) is 0.975. The van der Waals surface area contributed by atoms with Gasteiger partial charge in [0, 0.05) is 16.6 Å². The number of sulfone groups is 1. The Balaban J connectivity index is 1.16. The Labute approximate surface area is 171 Å². The van der Waals surface area contributed by atoms with Crippen molar-refractivity contribution >= 4 is 38.4 Å². The number of nitrogens with one attached hydrogen (secondary N) is 1. The molecule has 7 rings (SSSR count). The molecule has 0 aliphatic heterocycles. The molecule has 2 bridgehead atoms. The van der Waals surface area contributed by atoms with Crippen LogP contribution in [-0.4, -0.2) is 30.1 Å². The minimum atomic E-state index is -3.44. The number of aromatic nitrogens is 1. The van der Waals surface area contributed by atoms with E-state index < -0.39 is 9.84 Å². The third kappa shape index (κ3) is 2.51. The second-order valence-electron chi connectivity index (χ2n) is 8.54. The van der Waals surface area contributed by atoms with Gasteiger partial charge in [0.1, 0.15) is 5.52 Å². The van der Waals surface area contributed by atoms with Crippen LogP contribution in [0.25, 0.3) is 11.1 Å². The number of hydrogen-bond donors (Lipinski definition) is 1. The number of oxazole rings is 1. The fraction of sp³-hybridized carbons (Fsp3) is 0.400. The molecular weight excluding hydrogens is 416 g/mol. The van der Waals surface area contributed by atoms with Crippen LogP contribution in [0.15, 0.2) is 44.3 Å². The van der Waals surface area contributed by atoms with E-state index in [0.29, 0.717) is 29.3 Å². The largest absolute Gasteiger partial charge is 0.440 e. The summed E-state index contributed by atoms with van der Waals surface area (Å²) in [5, 5.41) is 3.12. The van der Waals surface area contributed by atoms with Crippen molar-refractivity contribution in [2.24, 2.45) is 0 Å². The molecule has 4 aliphatic rings. The van der Waals surface area contributed by atoms with E-state index in [1.165, 1.54) is 12.1 Å². The van der Waals surface area contributed by atoms with Crippen LogP contribution in [0, 0.1) is 0 Å². The predicted molar refractivity (Wildman–Crippen MR) is 104 cm³/mol. The highest BCUT2D eigenvalue weighted by Crippen LogP contribution is 2.67. The minimum Gasteiger partial charge on any atom is -0.440 e. The highest BCUT2D eigenvalue weighted by Gasteiger charge is 2.71. The van der Waals surface area contributed by atoms with Gasteiger partial charge in [0.15, 0.2) is 11.3 Å². The van der Waals surface area contributed by atoms with Gasteiger partial charge < -0.3 is 14.2 Å². The Morgan fingerprint density at radius 1 is 1.14 bits per heavy atom. The Morgan fingerprint density at radius 3 is 2.62 bits per heavy atom. The number of carbonyl (C=O) groups is 1. The molecule has 0 saturated heterocycles. The normalized spacial score (nSPS) is 28.0. The minimum absolute atomic E-state index is 0.0273. The second-order valence-corrected chi connectivity index (χ2v) is 11.1. The van der Waals surface area contributed by atoms with Crippen LogP contribution in [0.3, 0.4) is 0 Å². The standard InChI is InChI=1S/C20H17ClN2O5S/c21-11-1-4-13-15(7-11)28-18(22-13)19-8-20(9-19,10-19)23-17(24)14-5-6-16(27-14)29(25,26)12-2-3-12/h1,4-7,12H,2-3,8-10H2,(H,23,24). The van der Waals surface area contributed by atoms with Crippen molar-refractivity contribution in [2.45, 2.75) is 53.4 Å². The van der Waals surface area contributed by atoms with Gasteiger partial charge in [-0.3, -0.25) is 4.79 Å². The van der Waals surface area contributed by atoms with E-state index in [2.05, 4.69) is 10.3 Å². The van der Waals surface area contributed by atoms with Crippen LogP contribution < -0.4 is 5.32 Å². The summed E-state index contributed by atoms with van der Waals surface area (Å²) in [4.78, 5) is 17.2. The third-order valence-electron chi connectivity index (χ3n) is 6.26. The van der Waals surface area contributed by atoms with Gasteiger partial charge in [0.05, 0.1) is 10.7 Å². The van der Waals surface area contributed by atoms with Gasteiger partial charge in [0.2, 0.25) is 20.8 Å². The first-order valence-electron chi connectivity index (χ1n) is 9.52. The molecule has 1 aromatic carbocycles. The molecule has 2 aromatic heterocycles. The van der Waals surface area contributed by atoms with Gasteiger partial charge >= 0.3 is 0 Å². The molecule has 9 heteroatoms. The Kier molecular flexibility index (Phi) is 3.28. The van der Waals surface area contributed by atoms with Gasteiger partial charge in [-0.1, -0.05) is 11.6 Å². The molecule has 29 heavy (non-hydrogen) atoms. The number of amides is 1. The van der Waals surface area contributed by atoms with Gasteiger partial charge in [-0.05, 0) is 56.4 Å². The molecule has 1 N–H and O–H groups in total. The molecule has 3 aromatic rings. The summed E-state index contributed by atoms with van der Waals surface area (Å²) in [5.74, 6) is 0.320. The zero-order chi connectivity index (χ0) is 20.0. The quantitative estimate of drug-likeness (QED) is 0.660. The van der Waals surface area contributed by atoms with Crippen molar-refractivity contribution in [1.29, 1.82) is 0 Å². The maximum Gasteiger partial charge on any atom is 0.287 e. The van der Waals surface area contributed by atoms with Gasteiger partial charge in [-0.2, -0.15) is 0 Å². The van der Waals surface area contributed by atoms with E-state index >= 15 is 0 Å². The molecule has 4 aliphatic carbocycles. The average Bonchev–Trinajstić information content (AvgIpc) is 3.21. The van der Waals surface area contributed by atoms with E-state index in [-0.39, 0.29) is 33.0 Å². The molecule has 0 radical (unpaired) electrons. The summed E-state index contributed by atoms with van der Waals surface area (Å²) < 4.78 is 35.7. The summed E-state index contributed by atoms with van der Waals surface area (Å²) >= 11 is 6.01. The molecule has 4 saturated carbocycles. The SMILES string of the molecule is O=C(NC12CC(c3nc4ccc(Cl)cc4o3)(C1)C2)c1ccc(S(=O)(=O)C2CC2)o1. The van der Waals surface area contributed by atoms with Crippen LogP contribution in [0.2, 0.25) is 5.02 Å². The molecular formula is C20H17ClN2O5S. The van der Waals surface area contributed by atoms with Gasteiger partial charge in [0.25, 0.3) is 5.91 Å². The van der Waals surface area contributed by atoms with E-state index in [0.717, 1.165) is 24.8 Å². The maximum atomic E-state index is 12.6. The summed E-state index contributed by atoms with van der Waals surface area (Å²) in [6.07, 6.45) is 3.51. The van der Waals surface area contributed by atoms with E-state index in [9.17, 15) is 13.2 Å². The number of carbonyl (C=O) groups excluding carboxylic acids is 1. The molecule has 2 heterocycles. The lowest BCUT2D eigenvalue weighted by Gasteiger charge is -2.68. The Bertz CT molecular complexity index is 1270. The highest BCUT2D eigenvalue weighted by molar-refractivity contribution is 7.92. The lowest BCUT2D eigenvalue weighted by molar-refractivity contribution is -0.0958. The summed E-state index contributed by atoms with van der Waals surface area (Å²) in [6, 6.07) is 8.16. The predicted octanol–water partition coefficient (Wildman–Crippen LogP) is 3.61. The van der Waals surface area contributed by atoms with Gasteiger partial charge in [-0.15, -0.1) is 0 Å². The number of nitrogens with zero attached hydrogens (tertiary/aromatic N) is 1. The van der Waals surface area contributed by atoms with Gasteiger partial charge in [-0.25, -0.2) is 13.4 Å². The molecule has 1 amide bonds. The molecule has 0 unspecified atom stereocenters. The zero-order valence-corrected chi connectivity index (χ0v) is 16.8. The van der Waals surface area contributed by atoms with Crippen molar-refractivity contribution in [3.8, 4) is 0 Å². The fourth-order valence-corrected chi connectivity index (χ4v) is 6.42. The first-order chi connectivity index (χ1) is 13.8. The molecule has 7 nitrogen and oxygen atoms in total. The fourth-order valence-electron chi connectivity index (χ4n) is 4.71. The van der Waals surface area contributed by atoms with Crippen LogP contribution in [0.4, 0.5) is 0 Å². The third-order valence-corrected chi connectivity index (χ3v) is 8.63. The summed E-state index contributed by atoms with van der Waals surface area (Å²) in [6.45, 7) is 0. The second kappa shape index (κ2) is 5.43. The van der Waals surface area contributed by atoms with Crippen molar-refractivity contribution in [1.82, 2.24) is 10.3 Å². The number of rotatable bonds is 5. The van der Waals surface area contributed by atoms with Crippen molar-refractivity contribution in [3.05, 3.63) is 47.0 Å². The topological polar surface area (TPSA) is 102 Å². The van der Waals surface area contributed by atoms with Crippen LogP contribution in [0.1, 0.15) is 48.5 Å². The molecule has 4 fully saturated rings. The first kappa shape index (κ1) is 17.5. The van der Waals surface area contributed by atoms with Crippen LogP contribution in [0.5, 0.6) is 0 Å². The monoisotopic (exact) mass is 432 g/mol. The van der Waals surface area contributed by atoms with Crippen molar-refractivity contribution < 1.29 is 22.0 Å². The number of hydrogen-bond acceptors (Lipinski definition) is 6. The lowest BCUT2D eigenvalue weighted by atomic mass is 9.39. The lowest BCUT2D eigenvalue weighted by Crippen LogP contribution is -2.76. The highest BCUT2D eigenvalue weighted by atomic mass is 35.5. The van der Waals surface area contributed by atoms with E-state index in [1.54, 1.807) is 12.1 Å². The van der Waals surface area contributed by atoms with Crippen molar-refractivity contribution in [3.63, 3.8) is 0 Å². The van der Waals surface area contributed by atoms with Crippen LogP contribution in [-0.2, 0) is 15.3 Å². The molecule has 150 valence electrons.